The van der Waals surface area contributed by atoms with Crippen LogP contribution < -0.4 is 5.32 Å². The van der Waals surface area contributed by atoms with Gasteiger partial charge in [0.15, 0.2) is 0 Å². The molecule has 0 unspecified atom stereocenters. The Morgan fingerprint density at radius 2 is 1.68 bits per heavy atom. The van der Waals surface area contributed by atoms with E-state index in [0.29, 0.717) is 12.1 Å². The maximum absolute atomic E-state index is 13.9. The van der Waals surface area contributed by atoms with Crippen LogP contribution in [0.2, 0.25) is 0 Å². The Hall–Kier alpha value is -3.90. The van der Waals surface area contributed by atoms with E-state index >= 15 is 0 Å². The lowest BCUT2D eigenvalue weighted by molar-refractivity contribution is -0.125. The summed E-state index contributed by atoms with van der Waals surface area (Å²) in [6.07, 6.45) is 0. The monoisotopic (exact) mass is 508 g/mol. The number of rotatable bonds is 9. The fourth-order valence-corrected chi connectivity index (χ4v) is 5.58. The highest BCUT2D eigenvalue weighted by molar-refractivity contribution is 6.04. The Morgan fingerprint density at radius 3 is 2.42 bits per heavy atom. The van der Waals surface area contributed by atoms with Crippen molar-refractivity contribution in [1.29, 1.82) is 0 Å². The predicted molar refractivity (Wildman–Crippen MR) is 153 cm³/mol. The molecule has 6 heteroatoms. The Balaban J connectivity index is 1.59. The number of aromatic nitrogens is 1. The van der Waals surface area contributed by atoms with Gasteiger partial charge < -0.3 is 20.1 Å². The van der Waals surface area contributed by atoms with Gasteiger partial charge in [0, 0.05) is 35.1 Å². The number of fused-ring (bicyclic) bond motifs is 2. The molecule has 2 N–H and O–H groups in total. The number of nitrogens with one attached hydrogen (secondary N) is 2. The molecule has 5 rings (SSSR count). The van der Waals surface area contributed by atoms with Crippen molar-refractivity contribution in [3.05, 3.63) is 95.1 Å². The molecule has 38 heavy (non-hydrogen) atoms. The SMILES string of the molecule is CCN(CC)CCNC(=O)[C@H](C)N1C(=O)c2ccccc2[C@H]1c1c(-c2ccc(C)cc2)[nH]c2ccccc12. The van der Waals surface area contributed by atoms with Crippen LogP contribution in [0.15, 0.2) is 72.8 Å². The second-order valence-electron chi connectivity index (χ2n) is 10.0. The van der Waals surface area contributed by atoms with Crippen LogP contribution in [0.5, 0.6) is 0 Å². The molecule has 0 saturated heterocycles. The van der Waals surface area contributed by atoms with Crippen molar-refractivity contribution in [2.24, 2.45) is 0 Å². The van der Waals surface area contributed by atoms with Gasteiger partial charge in [-0.3, -0.25) is 9.59 Å². The van der Waals surface area contributed by atoms with Gasteiger partial charge in [0.2, 0.25) is 5.91 Å². The largest absolute Gasteiger partial charge is 0.354 e. The fourth-order valence-electron chi connectivity index (χ4n) is 5.58. The minimum Gasteiger partial charge on any atom is -0.354 e. The topological polar surface area (TPSA) is 68.4 Å². The Kier molecular flexibility index (Phi) is 7.34. The van der Waals surface area contributed by atoms with E-state index in [9.17, 15) is 9.59 Å². The van der Waals surface area contributed by atoms with Gasteiger partial charge in [0.05, 0.1) is 11.7 Å². The number of carbonyl (C=O) groups excluding carboxylic acids is 2. The summed E-state index contributed by atoms with van der Waals surface area (Å²) in [4.78, 5) is 35.0. The molecule has 1 aliphatic rings. The summed E-state index contributed by atoms with van der Waals surface area (Å²) in [5.41, 5.74) is 6.81. The van der Waals surface area contributed by atoms with Gasteiger partial charge in [-0.1, -0.05) is 80.1 Å². The lowest BCUT2D eigenvalue weighted by atomic mass is 9.92. The zero-order valence-electron chi connectivity index (χ0n) is 22.6. The van der Waals surface area contributed by atoms with Gasteiger partial charge in [-0.15, -0.1) is 0 Å². The first-order chi connectivity index (χ1) is 18.4. The fraction of sp³-hybridized carbons (Fsp3) is 0.312. The van der Waals surface area contributed by atoms with Crippen LogP contribution in [0.4, 0.5) is 0 Å². The summed E-state index contributed by atoms with van der Waals surface area (Å²) >= 11 is 0. The van der Waals surface area contributed by atoms with Gasteiger partial charge >= 0.3 is 0 Å². The molecule has 0 bridgehead atoms. The number of hydrogen-bond donors (Lipinski definition) is 2. The van der Waals surface area contributed by atoms with Crippen molar-refractivity contribution in [1.82, 2.24) is 20.1 Å². The lowest BCUT2D eigenvalue weighted by Crippen LogP contribution is -2.48. The van der Waals surface area contributed by atoms with Crippen molar-refractivity contribution >= 4 is 22.7 Å². The van der Waals surface area contributed by atoms with E-state index < -0.39 is 12.1 Å². The molecule has 2 heterocycles. The van der Waals surface area contributed by atoms with Crippen molar-refractivity contribution in [3.63, 3.8) is 0 Å². The van der Waals surface area contributed by atoms with E-state index in [-0.39, 0.29) is 11.8 Å². The van der Waals surface area contributed by atoms with Crippen LogP contribution in [0.3, 0.4) is 0 Å². The summed E-state index contributed by atoms with van der Waals surface area (Å²) in [6, 6.07) is 23.3. The first kappa shape index (κ1) is 25.7. The van der Waals surface area contributed by atoms with Crippen LogP contribution in [-0.2, 0) is 4.79 Å². The standard InChI is InChI=1S/C32H36N4O2/c1-5-35(6-2)20-19-33-31(37)22(4)36-30(24-11-7-8-12-25(24)32(36)38)28-26-13-9-10-14-27(26)34-29(28)23-17-15-21(3)16-18-23/h7-18,22,30,34H,5-6,19-20H2,1-4H3,(H,33,37)/t22-,30-/m0/s1. The maximum atomic E-state index is 13.9. The van der Waals surface area contributed by atoms with Gasteiger partial charge in [-0.05, 0) is 50.2 Å². The second-order valence-corrected chi connectivity index (χ2v) is 10.0. The minimum absolute atomic E-state index is 0.114. The summed E-state index contributed by atoms with van der Waals surface area (Å²) in [5.74, 6) is -0.253. The molecular weight excluding hydrogens is 472 g/mol. The highest BCUT2D eigenvalue weighted by atomic mass is 16.2. The Morgan fingerprint density at radius 1 is 1.00 bits per heavy atom. The van der Waals surface area contributed by atoms with Crippen molar-refractivity contribution < 1.29 is 9.59 Å². The van der Waals surface area contributed by atoms with Gasteiger partial charge in [0.1, 0.15) is 6.04 Å². The number of aryl methyl sites for hydroxylation is 1. The Labute approximate surface area is 224 Å². The summed E-state index contributed by atoms with van der Waals surface area (Å²) in [7, 11) is 0. The van der Waals surface area contributed by atoms with E-state index in [0.717, 1.165) is 52.9 Å². The number of para-hydroxylation sites is 1. The molecule has 3 aromatic carbocycles. The zero-order chi connectivity index (χ0) is 26.8. The molecule has 0 aliphatic carbocycles. The average Bonchev–Trinajstić information content (AvgIpc) is 3.46. The van der Waals surface area contributed by atoms with Gasteiger partial charge in [0.25, 0.3) is 5.91 Å². The van der Waals surface area contributed by atoms with Gasteiger partial charge in [-0.25, -0.2) is 0 Å². The van der Waals surface area contributed by atoms with Crippen LogP contribution in [0, 0.1) is 6.92 Å². The molecule has 196 valence electrons. The quantitative estimate of drug-likeness (QED) is 0.312. The summed E-state index contributed by atoms with van der Waals surface area (Å²) < 4.78 is 0. The zero-order valence-corrected chi connectivity index (χ0v) is 22.6. The molecule has 0 spiro atoms. The number of H-pyrrole nitrogens is 1. The average molecular weight is 509 g/mol. The van der Waals surface area contributed by atoms with Crippen LogP contribution in [-0.4, -0.2) is 58.8 Å². The van der Waals surface area contributed by atoms with Crippen molar-refractivity contribution in [2.75, 3.05) is 26.2 Å². The molecule has 4 aromatic rings. The van der Waals surface area contributed by atoms with E-state index in [2.05, 4.69) is 72.4 Å². The third-order valence-electron chi connectivity index (χ3n) is 7.78. The van der Waals surface area contributed by atoms with E-state index in [1.807, 2.05) is 43.3 Å². The molecular formula is C32H36N4O2. The lowest BCUT2D eigenvalue weighted by Gasteiger charge is -2.31. The van der Waals surface area contributed by atoms with Crippen molar-refractivity contribution in [3.8, 4) is 11.3 Å². The number of aromatic amines is 1. The summed E-state index contributed by atoms with van der Waals surface area (Å²) in [5, 5.41) is 4.13. The highest BCUT2D eigenvalue weighted by Crippen LogP contribution is 2.46. The van der Waals surface area contributed by atoms with E-state index in [4.69, 9.17) is 0 Å². The Bertz CT molecular complexity index is 1450. The van der Waals surface area contributed by atoms with Gasteiger partial charge in [-0.2, -0.15) is 0 Å². The first-order valence-electron chi connectivity index (χ1n) is 13.5. The number of hydrogen-bond acceptors (Lipinski definition) is 3. The smallest absolute Gasteiger partial charge is 0.255 e. The van der Waals surface area contributed by atoms with Crippen LogP contribution in [0.25, 0.3) is 22.2 Å². The van der Waals surface area contributed by atoms with Crippen molar-refractivity contribution in [2.45, 2.75) is 39.8 Å². The molecule has 0 fully saturated rings. The predicted octanol–water partition coefficient (Wildman–Crippen LogP) is 5.54. The minimum atomic E-state index is -0.642. The number of nitrogens with zero attached hydrogens (tertiary/aromatic N) is 2. The first-order valence-corrected chi connectivity index (χ1v) is 13.5. The maximum Gasteiger partial charge on any atom is 0.255 e. The number of likely N-dealkylation sites (N-methyl/N-ethyl adjacent to an activating group) is 1. The normalized spacial score (nSPS) is 15.8. The number of amides is 2. The molecule has 6 nitrogen and oxygen atoms in total. The third kappa shape index (κ3) is 4.61. The molecule has 2 amide bonds. The highest BCUT2D eigenvalue weighted by Gasteiger charge is 2.44. The van der Waals surface area contributed by atoms with E-state index in [1.165, 1.54) is 5.56 Å². The molecule has 1 aromatic heterocycles. The third-order valence-corrected chi connectivity index (χ3v) is 7.78. The van der Waals surface area contributed by atoms with E-state index in [1.54, 1.807) is 4.90 Å². The molecule has 0 saturated carbocycles. The summed E-state index contributed by atoms with van der Waals surface area (Å²) in [6.45, 7) is 11.3. The van der Waals surface area contributed by atoms with Crippen LogP contribution >= 0.6 is 0 Å². The number of carbonyl (C=O) groups is 2. The molecule has 2 atom stereocenters. The molecule has 1 aliphatic heterocycles. The second kappa shape index (κ2) is 10.8. The number of benzene rings is 3. The van der Waals surface area contributed by atoms with Crippen LogP contribution in [0.1, 0.15) is 53.9 Å². The molecule has 0 radical (unpaired) electrons.